The van der Waals surface area contributed by atoms with Crippen molar-refractivity contribution < 1.29 is 24.2 Å². The lowest BCUT2D eigenvalue weighted by atomic mass is 9.98. The van der Waals surface area contributed by atoms with Crippen LogP contribution in [0.1, 0.15) is 44.7 Å². The number of nitrogens with one attached hydrogen (secondary N) is 1. The molecule has 3 rings (SSSR count). The van der Waals surface area contributed by atoms with Crippen LogP contribution < -0.4 is 5.32 Å². The van der Waals surface area contributed by atoms with Gasteiger partial charge in [-0.3, -0.25) is 9.59 Å². The number of carbonyl (C=O) groups excluding carboxylic acids is 2. The third kappa shape index (κ3) is 4.93. The molecular weight excluding hydrogens is 408 g/mol. The van der Waals surface area contributed by atoms with Gasteiger partial charge >= 0.3 is 12.1 Å². The molecule has 0 radical (unpaired) electrons. The summed E-state index contributed by atoms with van der Waals surface area (Å²) in [5.41, 5.74) is 4.47. The van der Waals surface area contributed by atoms with Crippen LogP contribution in [0, 0.1) is 5.92 Å². The van der Waals surface area contributed by atoms with E-state index in [1.165, 1.54) is 4.90 Å². The molecule has 0 unspecified atom stereocenters. The first-order chi connectivity index (χ1) is 15.2. The number of benzene rings is 2. The molecule has 1 atom stereocenters. The van der Waals surface area contributed by atoms with Crippen molar-refractivity contribution in [2.24, 2.45) is 5.92 Å². The molecule has 7 heteroatoms. The largest absolute Gasteiger partial charge is 0.480 e. The fourth-order valence-electron chi connectivity index (χ4n) is 4.12. The molecule has 0 saturated carbocycles. The van der Waals surface area contributed by atoms with E-state index in [0.29, 0.717) is 0 Å². The number of aliphatic carboxylic acids is 1. The van der Waals surface area contributed by atoms with E-state index in [4.69, 9.17) is 9.84 Å². The normalized spacial score (nSPS) is 13.4. The molecule has 7 nitrogen and oxygen atoms in total. The Bertz CT molecular complexity index is 956. The zero-order valence-electron chi connectivity index (χ0n) is 18.9. The van der Waals surface area contributed by atoms with Crippen LogP contribution in [0.4, 0.5) is 4.79 Å². The SMILES string of the molecule is CC(C)[C@@H](NC(=O)OCC1c2ccccc2-c2ccccc21)C(=O)N(CC(=O)O)C(C)C. The van der Waals surface area contributed by atoms with E-state index in [0.717, 1.165) is 22.3 Å². The summed E-state index contributed by atoms with van der Waals surface area (Å²) in [7, 11) is 0. The highest BCUT2D eigenvalue weighted by Crippen LogP contribution is 2.44. The monoisotopic (exact) mass is 438 g/mol. The van der Waals surface area contributed by atoms with Gasteiger partial charge in [-0.1, -0.05) is 62.4 Å². The highest BCUT2D eigenvalue weighted by atomic mass is 16.5. The second-order valence-corrected chi connectivity index (χ2v) is 8.65. The van der Waals surface area contributed by atoms with Crippen LogP contribution in [-0.2, 0) is 14.3 Å². The van der Waals surface area contributed by atoms with E-state index in [9.17, 15) is 14.4 Å². The van der Waals surface area contributed by atoms with Crippen LogP contribution in [0.2, 0.25) is 0 Å². The molecule has 0 bridgehead atoms. The first-order valence-corrected chi connectivity index (χ1v) is 10.8. The van der Waals surface area contributed by atoms with Crippen molar-refractivity contribution in [1.82, 2.24) is 10.2 Å². The molecule has 0 spiro atoms. The maximum absolute atomic E-state index is 13.0. The Kier molecular flexibility index (Phi) is 7.18. The summed E-state index contributed by atoms with van der Waals surface area (Å²) in [6, 6.07) is 14.9. The van der Waals surface area contributed by atoms with Crippen LogP contribution in [0.15, 0.2) is 48.5 Å². The van der Waals surface area contributed by atoms with Crippen molar-refractivity contribution in [3.63, 3.8) is 0 Å². The van der Waals surface area contributed by atoms with E-state index >= 15 is 0 Å². The van der Waals surface area contributed by atoms with Crippen molar-refractivity contribution in [3.05, 3.63) is 59.7 Å². The topological polar surface area (TPSA) is 95.9 Å². The van der Waals surface area contributed by atoms with E-state index in [-0.39, 0.29) is 24.5 Å². The van der Waals surface area contributed by atoms with Crippen molar-refractivity contribution in [2.75, 3.05) is 13.2 Å². The Morgan fingerprint density at radius 1 is 0.969 bits per heavy atom. The van der Waals surface area contributed by atoms with Gasteiger partial charge < -0.3 is 20.1 Å². The van der Waals surface area contributed by atoms with Crippen molar-refractivity contribution in [2.45, 2.75) is 45.7 Å². The molecule has 0 heterocycles. The third-order valence-electron chi connectivity index (χ3n) is 5.76. The van der Waals surface area contributed by atoms with Gasteiger partial charge in [0.15, 0.2) is 0 Å². The Morgan fingerprint density at radius 3 is 1.97 bits per heavy atom. The quantitative estimate of drug-likeness (QED) is 0.652. The summed E-state index contributed by atoms with van der Waals surface area (Å²) in [4.78, 5) is 38.0. The number of hydrogen-bond donors (Lipinski definition) is 2. The van der Waals surface area contributed by atoms with Gasteiger partial charge in [0.1, 0.15) is 19.2 Å². The van der Waals surface area contributed by atoms with Gasteiger partial charge in [0, 0.05) is 12.0 Å². The number of ether oxygens (including phenoxy) is 1. The first kappa shape index (κ1) is 23.3. The van der Waals surface area contributed by atoms with Gasteiger partial charge in [-0.15, -0.1) is 0 Å². The number of hydrogen-bond acceptors (Lipinski definition) is 4. The Morgan fingerprint density at radius 2 is 1.50 bits per heavy atom. The maximum Gasteiger partial charge on any atom is 0.407 e. The Labute approximate surface area is 188 Å². The summed E-state index contributed by atoms with van der Waals surface area (Å²) < 4.78 is 5.55. The summed E-state index contributed by atoms with van der Waals surface area (Å²) >= 11 is 0. The van der Waals surface area contributed by atoms with E-state index in [1.807, 2.05) is 36.4 Å². The average molecular weight is 439 g/mol. The molecule has 2 aromatic carbocycles. The first-order valence-electron chi connectivity index (χ1n) is 10.8. The summed E-state index contributed by atoms with van der Waals surface area (Å²) in [5.74, 6) is -1.86. The molecule has 0 saturated heterocycles. The molecule has 0 fully saturated rings. The number of carbonyl (C=O) groups is 3. The lowest BCUT2D eigenvalue weighted by Gasteiger charge is -2.31. The van der Waals surface area contributed by atoms with Gasteiger partial charge in [0.2, 0.25) is 5.91 Å². The molecule has 2 N–H and O–H groups in total. The molecule has 1 aliphatic carbocycles. The van der Waals surface area contributed by atoms with Gasteiger partial charge in [-0.05, 0) is 42.0 Å². The minimum atomic E-state index is -1.10. The number of fused-ring (bicyclic) bond motifs is 3. The molecule has 1 aliphatic rings. The number of carboxylic acids is 1. The highest BCUT2D eigenvalue weighted by Gasteiger charge is 2.33. The number of alkyl carbamates (subject to hydrolysis) is 1. The predicted molar refractivity (Wildman–Crippen MR) is 121 cm³/mol. The van der Waals surface area contributed by atoms with Gasteiger partial charge in [-0.25, -0.2) is 4.79 Å². The summed E-state index contributed by atoms with van der Waals surface area (Å²) in [6.45, 7) is 6.79. The maximum atomic E-state index is 13.0. The number of carboxylic acid groups (broad SMARTS) is 1. The average Bonchev–Trinajstić information content (AvgIpc) is 3.07. The fraction of sp³-hybridized carbons (Fsp3) is 0.400. The number of rotatable bonds is 8. The molecule has 2 aromatic rings. The van der Waals surface area contributed by atoms with Crippen molar-refractivity contribution in [1.29, 1.82) is 0 Å². The minimum Gasteiger partial charge on any atom is -0.480 e. The Hall–Kier alpha value is -3.35. The van der Waals surface area contributed by atoms with Crippen LogP contribution in [0.25, 0.3) is 11.1 Å². The van der Waals surface area contributed by atoms with Gasteiger partial charge in [-0.2, -0.15) is 0 Å². The predicted octanol–water partition coefficient (Wildman–Crippen LogP) is 3.87. The lowest BCUT2D eigenvalue weighted by Crippen LogP contribution is -2.54. The fourth-order valence-corrected chi connectivity index (χ4v) is 4.12. The summed E-state index contributed by atoms with van der Waals surface area (Å²) in [5, 5.41) is 11.8. The zero-order valence-corrected chi connectivity index (χ0v) is 18.9. The number of amides is 2. The Balaban J connectivity index is 1.70. The van der Waals surface area contributed by atoms with Crippen LogP contribution in [0.3, 0.4) is 0 Å². The lowest BCUT2D eigenvalue weighted by molar-refractivity contribution is -0.147. The number of nitrogens with zero attached hydrogens (tertiary/aromatic N) is 1. The minimum absolute atomic E-state index is 0.0828. The molecular formula is C25H30N2O5. The molecule has 0 aliphatic heterocycles. The third-order valence-corrected chi connectivity index (χ3v) is 5.76. The summed E-state index contributed by atoms with van der Waals surface area (Å²) in [6.07, 6.45) is -0.696. The molecule has 170 valence electrons. The van der Waals surface area contributed by atoms with E-state index in [2.05, 4.69) is 17.4 Å². The van der Waals surface area contributed by atoms with Crippen molar-refractivity contribution in [3.8, 4) is 11.1 Å². The smallest absolute Gasteiger partial charge is 0.407 e. The molecule has 0 aromatic heterocycles. The highest BCUT2D eigenvalue weighted by molar-refractivity contribution is 5.88. The molecule has 2 amide bonds. The zero-order chi connectivity index (χ0) is 23.4. The molecule has 32 heavy (non-hydrogen) atoms. The van der Waals surface area contributed by atoms with Gasteiger partial charge in [0.25, 0.3) is 0 Å². The van der Waals surface area contributed by atoms with Crippen molar-refractivity contribution >= 4 is 18.0 Å². The second-order valence-electron chi connectivity index (χ2n) is 8.65. The van der Waals surface area contributed by atoms with E-state index in [1.54, 1.807) is 27.7 Å². The standard InChI is InChI=1S/C25H30N2O5/c1-15(2)23(24(30)27(16(3)4)13-22(28)29)26-25(31)32-14-21-19-11-7-5-9-17(19)18-10-6-8-12-20(18)21/h5-12,15-16,21,23H,13-14H2,1-4H3,(H,26,31)(H,28,29)/t23-/m1/s1. The second kappa shape index (κ2) is 9.85. The van der Waals surface area contributed by atoms with Gasteiger partial charge in [0.05, 0.1) is 0 Å². The van der Waals surface area contributed by atoms with Crippen LogP contribution in [-0.4, -0.2) is 53.2 Å². The van der Waals surface area contributed by atoms with Crippen LogP contribution >= 0.6 is 0 Å². The van der Waals surface area contributed by atoms with E-state index < -0.39 is 30.6 Å². The van der Waals surface area contributed by atoms with Crippen LogP contribution in [0.5, 0.6) is 0 Å².